The molecule has 0 aliphatic carbocycles. The van der Waals surface area contributed by atoms with Crippen LogP contribution in [0.5, 0.6) is 0 Å². The van der Waals surface area contributed by atoms with E-state index in [1.807, 2.05) is 6.92 Å². The van der Waals surface area contributed by atoms with Gasteiger partial charge in [0.1, 0.15) is 4.88 Å². The Balaban J connectivity index is 2.72. The second kappa shape index (κ2) is 4.57. The van der Waals surface area contributed by atoms with Crippen LogP contribution in [-0.2, 0) is 6.54 Å². The number of aromatic carboxylic acids is 1. The van der Waals surface area contributed by atoms with Crippen molar-refractivity contribution in [1.29, 1.82) is 0 Å². The van der Waals surface area contributed by atoms with Crippen molar-refractivity contribution < 1.29 is 9.90 Å². The van der Waals surface area contributed by atoms with Gasteiger partial charge >= 0.3 is 5.97 Å². The van der Waals surface area contributed by atoms with Crippen LogP contribution in [0.1, 0.15) is 34.0 Å². The third kappa shape index (κ3) is 2.82. The number of aryl methyl sites for hydroxylation is 1. The first-order valence-corrected chi connectivity index (χ1v) is 5.38. The Bertz CT molecular complexity index is 331. The Morgan fingerprint density at radius 3 is 2.71 bits per heavy atom. The van der Waals surface area contributed by atoms with E-state index in [1.54, 1.807) is 6.07 Å². The van der Waals surface area contributed by atoms with E-state index in [9.17, 15) is 4.79 Å². The highest BCUT2D eigenvalue weighted by Crippen LogP contribution is 2.21. The van der Waals surface area contributed by atoms with E-state index in [0.717, 1.165) is 17.0 Å². The topological polar surface area (TPSA) is 49.3 Å². The summed E-state index contributed by atoms with van der Waals surface area (Å²) in [6, 6.07) is 2.17. The second-order valence-corrected chi connectivity index (χ2v) is 4.79. The number of nitrogens with one attached hydrogen (secondary N) is 1. The summed E-state index contributed by atoms with van der Waals surface area (Å²) in [5.41, 5.74) is 1.08. The van der Waals surface area contributed by atoms with Gasteiger partial charge in [-0.05, 0) is 18.6 Å². The van der Waals surface area contributed by atoms with Gasteiger partial charge in [0.2, 0.25) is 0 Å². The maximum Gasteiger partial charge on any atom is 0.345 e. The highest BCUT2D eigenvalue weighted by atomic mass is 32.1. The normalized spacial score (nSPS) is 10.9. The lowest BCUT2D eigenvalue weighted by molar-refractivity contribution is 0.0702. The molecule has 3 nitrogen and oxygen atoms in total. The van der Waals surface area contributed by atoms with Crippen molar-refractivity contribution in [2.75, 3.05) is 0 Å². The highest BCUT2D eigenvalue weighted by Gasteiger charge is 2.10. The summed E-state index contributed by atoms with van der Waals surface area (Å²) in [6.07, 6.45) is 0. The van der Waals surface area contributed by atoms with Gasteiger partial charge in [0.05, 0.1) is 0 Å². The number of carbonyl (C=O) groups is 1. The molecule has 1 heterocycles. The van der Waals surface area contributed by atoms with E-state index in [2.05, 4.69) is 19.2 Å². The molecule has 0 spiro atoms. The fourth-order valence-electron chi connectivity index (χ4n) is 1.11. The Morgan fingerprint density at radius 2 is 2.29 bits per heavy atom. The molecule has 0 saturated heterocycles. The predicted molar refractivity (Wildman–Crippen MR) is 58.0 cm³/mol. The molecule has 0 aliphatic rings. The molecular formula is C10H15NO2S. The summed E-state index contributed by atoms with van der Waals surface area (Å²) in [7, 11) is 0. The van der Waals surface area contributed by atoms with Crippen molar-refractivity contribution in [3.05, 3.63) is 21.4 Å². The quantitative estimate of drug-likeness (QED) is 0.806. The Kier molecular flexibility index (Phi) is 3.66. The van der Waals surface area contributed by atoms with Crippen LogP contribution in [0.25, 0.3) is 0 Å². The zero-order valence-electron chi connectivity index (χ0n) is 8.63. The lowest BCUT2D eigenvalue weighted by Gasteiger charge is -2.06. The molecule has 2 N–H and O–H groups in total. The molecule has 78 valence electrons. The van der Waals surface area contributed by atoms with Crippen LogP contribution in [0, 0.1) is 6.92 Å². The maximum absolute atomic E-state index is 10.7. The molecule has 1 aromatic heterocycles. The molecule has 14 heavy (non-hydrogen) atoms. The van der Waals surface area contributed by atoms with Crippen molar-refractivity contribution in [2.24, 2.45) is 0 Å². The number of rotatable bonds is 4. The molecule has 0 atom stereocenters. The van der Waals surface area contributed by atoms with Crippen LogP contribution in [0.15, 0.2) is 6.07 Å². The smallest absolute Gasteiger partial charge is 0.345 e. The predicted octanol–water partition coefficient (Wildman–Crippen LogP) is 2.25. The third-order valence-electron chi connectivity index (χ3n) is 1.93. The molecule has 0 bridgehead atoms. The van der Waals surface area contributed by atoms with Gasteiger partial charge in [-0.15, -0.1) is 11.3 Å². The molecule has 0 aliphatic heterocycles. The standard InChI is InChI=1S/C10H15NO2S/c1-6(2)11-5-8-4-9(10(12)13)14-7(8)3/h4,6,11H,5H2,1-3H3,(H,12,13). The largest absolute Gasteiger partial charge is 0.477 e. The summed E-state index contributed by atoms with van der Waals surface area (Å²) < 4.78 is 0. The van der Waals surface area contributed by atoms with Crippen LogP contribution >= 0.6 is 11.3 Å². The summed E-state index contributed by atoms with van der Waals surface area (Å²) in [5, 5.41) is 12.1. The number of hydrogen-bond donors (Lipinski definition) is 2. The molecule has 1 rings (SSSR count). The lowest BCUT2D eigenvalue weighted by Crippen LogP contribution is -2.21. The summed E-state index contributed by atoms with van der Waals surface area (Å²) in [4.78, 5) is 12.2. The van der Waals surface area contributed by atoms with Crippen LogP contribution < -0.4 is 5.32 Å². The van der Waals surface area contributed by atoms with Crippen molar-refractivity contribution in [3.63, 3.8) is 0 Å². The molecule has 0 unspecified atom stereocenters. The zero-order valence-corrected chi connectivity index (χ0v) is 9.44. The fraction of sp³-hybridized carbons (Fsp3) is 0.500. The SMILES string of the molecule is Cc1sc(C(=O)O)cc1CNC(C)C. The van der Waals surface area contributed by atoms with Crippen LogP contribution in [-0.4, -0.2) is 17.1 Å². The Hall–Kier alpha value is -0.870. The van der Waals surface area contributed by atoms with Gasteiger partial charge in [-0.25, -0.2) is 4.79 Å². The molecule has 0 fully saturated rings. The average Bonchev–Trinajstić information content (AvgIpc) is 2.43. The molecular weight excluding hydrogens is 198 g/mol. The van der Waals surface area contributed by atoms with Gasteiger partial charge < -0.3 is 10.4 Å². The molecule has 4 heteroatoms. The number of hydrogen-bond acceptors (Lipinski definition) is 3. The monoisotopic (exact) mass is 213 g/mol. The van der Waals surface area contributed by atoms with E-state index in [1.165, 1.54) is 11.3 Å². The summed E-state index contributed by atoms with van der Waals surface area (Å²) >= 11 is 1.33. The Labute approximate surface area is 87.8 Å². The van der Waals surface area contributed by atoms with Crippen molar-refractivity contribution in [3.8, 4) is 0 Å². The second-order valence-electron chi connectivity index (χ2n) is 3.53. The highest BCUT2D eigenvalue weighted by molar-refractivity contribution is 7.14. The first-order chi connectivity index (χ1) is 6.50. The van der Waals surface area contributed by atoms with E-state index < -0.39 is 5.97 Å². The molecule has 0 aromatic carbocycles. The minimum absolute atomic E-state index is 0.419. The third-order valence-corrected chi connectivity index (χ3v) is 3.01. The molecule has 1 aromatic rings. The van der Waals surface area contributed by atoms with Crippen LogP contribution in [0.3, 0.4) is 0 Å². The first-order valence-electron chi connectivity index (χ1n) is 4.56. The fourth-order valence-corrected chi connectivity index (χ4v) is 2.00. The molecule has 0 saturated carbocycles. The van der Waals surface area contributed by atoms with Gasteiger partial charge in [0.15, 0.2) is 0 Å². The number of carboxylic acid groups (broad SMARTS) is 1. The van der Waals surface area contributed by atoms with Gasteiger partial charge in [0, 0.05) is 17.5 Å². The molecule has 0 radical (unpaired) electrons. The van der Waals surface area contributed by atoms with E-state index in [0.29, 0.717) is 10.9 Å². The van der Waals surface area contributed by atoms with Gasteiger partial charge in [-0.2, -0.15) is 0 Å². The van der Waals surface area contributed by atoms with Crippen molar-refractivity contribution in [2.45, 2.75) is 33.4 Å². The molecule has 0 amide bonds. The van der Waals surface area contributed by atoms with Crippen molar-refractivity contribution in [1.82, 2.24) is 5.32 Å². The van der Waals surface area contributed by atoms with Gasteiger partial charge in [-0.3, -0.25) is 0 Å². The summed E-state index contributed by atoms with van der Waals surface area (Å²) in [5.74, 6) is -0.839. The summed E-state index contributed by atoms with van der Waals surface area (Å²) in [6.45, 7) is 6.83. The number of thiophene rings is 1. The van der Waals surface area contributed by atoms with E-state index in [-0.39, 0.29) is 0 Å². The minimum Gasteiger partial charge on any atom is -0.477 e. The minimum atomic E-state index is -0.839. The van der Waals surface area contributed by atoms with Crippen LogP contribution in [0.2, 0.25) is 0 Å². The van der Waals surface area contributed by atoms with E-state index >= 15 is 0 Å². The average molecular weight is 213 g/mol. The first kappa shape index (κ1) is 11.2. The van der Waals surface area contributed by atoms with Crippen molar-refractivity contribution >= 4 is 17.3 Å². The Morgan fingerprint density at radius 1 is 1.64 bits per heavy atom. The van der Waals surface area contributed by atoms with Gasteiger partial charge in [-0.1, -0.05) is 13.8 Å². The van der Waals surface area contributed by atoms with Crippen LogP contribution in [0.4, 0.5) is 0 Å². The number of carboxylic acids is 1. The lowest BCUT2D eigenvalue weighted by atomic mass is 10.2. The zero-order chi connectivity index (χ0) is 10.7. The maximum atomic E-state index is 10.7. The van der Waals surface area contributed by atoms with E-state index in [4.69, 9.17) is 5.11 Å². The van der Waals surface area contributed by atoms with Gasteiger partial charge in [0.25, 0.3) is 0 Å².